The van der Waals surface area contributed by atoms with Gasteiger partial charge in [-0.05, 0) is 46.5 Å². The first kappa shape index (κ1) is 27.8. The van der Waals surface area contributed by atoms with E-state index in [1.165, 1.54) is 75.1 Å². The van der Waals surface area contributed by atoms with Crippen LogP contribution < -0.4 is 0 Å². The predicted octanol–water partition coefficient (Wildman–Crippen LogP) is 13.1. The molecule has 0 amide bonds. The third-order valence-electron chi connectivity index (χ3n) is 11.4. The van der Waals surface area contributed by atoms with Gasteiger partial charge in [-0.2, -0.15) is 0 Å². The molecule has 53 heavy (non-hydrogen) atoms. The average Bonchev–Trinajstić information content (AvgIpc) is 3.95. The molecule has 5 heteroatoms. The molecular weight excluding hydrogens is 665 g/mol. The largest absolute Gasteiger partial charge is 0.308 e. The molecule has 0 aliphatic carbocycles. The molecule has 0 saturated heterocycles. The Morgan fingerprint density at radius 1 is 0.434 bits per heavy atom. The Balaban J connectivity index is 1.27. The van der Waals surface area contributed by atoms with Gasteiger partial charge in [0.25, 0.3) is 0 Å². The van der Waals surface area contributed by atoms with Gasteiger partial charge >= 0.3 is 0 Å². The summed E-state index contributed by atoms with van der Waals surface area (Å²) in [5, 5.41) is 13.4. The number of benzene rings is 8. The highest BCUT2D eigenvalue weighted by Crippen LogP contribution is 2.48. The Hall–Kier alpha value is -6.82. The third-order valence-corrected chi connectivity index (χ3v) is 12.6. The lowest BCUT2D eigenvalue weighted by molar-refractivity contribution is 1.02. The van der Waals surface area contributed by atoms with Crippen LogP contribution in [0.25, 0.3) is 119 Å². The lowest BCUT2D eigenvalue weighted by Gasteiger charge is -2.12. The topological polar surface area (TPSA) is 35.1 Å². The lowest BCUT2D eigenvalue weighted by atomic mass is 10.0. The molecule has 13 aromatic rings. The van der Waals surface area contributed by atoms with Crippen LogP contribution in [-0.4, -0.2) is 18.9 Å². The number of fused-ring (bicyclic) bond motifs is 16. The molecule has 0 bridgehead atoms. The Kier molecular flexibility index (Phi) is 5.22. The fraction of sp³-hybridized carbons (Fsp3) is 0. The van der Waals surface area contributed by atoms with Crippen molar-refractivity contribution in [1.82, 2.24) is 18.9 Å². The van der Waals surface area contributed by atoms with Gasteiger partial charge in [0.15, 0.2) is 0 Å². The maximum Gasteiger partial charge on any atom is 0.235 e. The van der Waals surface area contributed by atoms with E-state index in [1.54, 1.807) is 11.3 Å². The molecule has 5 aromatic heterocycles. The Morgan fingerprint density at radius 3 is 1.98 bits per heavy atom. The molecule has 8 aromatic carbocycles. The molecular formula is C48H26N4S. The fourth-order valence-electron chi connectivity index (χ4n) is 9.19. The van der Waals surface area contributed by atoms with E-state index in [4.69, 9.17) is 9.97 Å². The first-order valence-corrected chi connectivity index (χ1v) is 18.8. The summed E-state index contributed by atoms with van der Waals surface area (Å²) < 4.78 is 7.15. The van der Waals surface area contributed by atoms with Crippen molar-refractivity contribution in [3.63, 3.8) is 0 Å². The second-order valence-electron chi connectivity index (χ2n) is 14.1. The Labute approximate surface area is 305 Å². The van der Waals surface area contributed by atoms with Gasteiger partial charge in [0.2, 0.25) is 5.95 Å². The van der Waals surface area contributed by atoms with Crippen molar-refractivity contribution in [3.8, 4) is 17.2 Å². The van der Waals surface area contributed by atoms with Crippen LogP contribution in [0.5, 0.6) is 0 Å². The minimum atomic E-state index is 0.683. The first-order chi connectivity index (χ1) is 26.3. The molecule has 0 radical (unpaired) electrons. The van der Waals surface area contributed by atoms with Gasteiger partial charge in [0.1, 0.15) is 0 Å². The summed E-state index contributed by atoms with van der Waals surface area (Å²) in [4.78, 5) is 11.2. The fourth-order valence-corrected chi connectivity index (χ4v) is 10.3. The van der Waals surface area contributed by atoms with Crippen LogP contribution in [0.3, 0.4) is 0 Å². The van der Waals surface area contributed by atoms with E-state index in [9.17, 15) is 0 Å². The van der Waals surface area contributed by atoms with E-state index in [0.29, 0.717) is 5.95 Å². The number of hydrogen-bond acceptors (Lipinski definition) is 3. The quantitative estimate of drug-likeness (QED) is 0.181. The van der Waals surface area contributed by atoms with E-state index in [0.717, 1.165) is 37.9 Å². The smallest absolute Gasteiger partial charge is 0.235 e. The first-order valence-electron chi connectivity index (χ1n) is 18.0. The van der Waals surface area contributed by atoms with Crippen LogP contribution >= 0.6 is 11.3 Å². The Bertz CT molecular complexity index is 3700. The standard InChI is InChI=1S/C48H26N4S/c1-2-13-29-25-30(22-21-27(29)11-1)43-47-44(34-17-7-10-20-40(34)53-47)50-48(49-43)52-39-26-36-32-15-5-8-18-37(32)51-38-19-9-6-16-33(38)42(46(36)51)41(39)35-24-23-28-12-3-4-14-31(28)45(35)52/h1-26H. The molecule has 5 heterocycles. The van der Waals surface area contributed by atoms with Gasteiger partial charge < -0.3 is 4.40 Å². The highest BCUT2D eigenvalue weighted by Gasteiger charge is 2.26. The number of nitrogens with zero attached hydrogens (tertiary/aromatic N) is 4. The normalized spacial score (nSPS) is 12.5. The van der Waals surface area contributed by atoms with Crippen molar-refractivity contribution in [3.05, 3.63) is 158 Å². The van der Waals surface area contributed by atoms with Crippen LogP contribution in [0.15, 0.2) is 158 Å². The molecule has 244 valence electrons. The van der Waals surface area contributed by atoms with Crippen molar-refractivity contribution in [2.24, 2.45) is 0 Å². The van der Waals surface area contributed by atoms with Crippen molar-refractivity contribution >= 4 is 113 Å². The summed E-state index contributed by atoms with van der Waals surface area (Å²) in [6, 6.07) is 57.3. The van der Waals surface area contributed by atoms with Crippen molar-refractivity contribution < 1.29 is 0 Å². The van der Waals surface area contributed by atoms with Gasteiger partial charge in [-0.1, -0.05) is 127 Å². The highest BCUT2D eigenvalue weighted by molar-refractivity contribution is 7.26. The number of hydrogen-bond donors (Lipinski definition) is 0. The van der Waals surface area contributed by atoms with Gasteiger partial charge in [-0.3, -0.25) is 4.57 Å². The molecule has 0 unspecified atom stereocenters. The third kappa shape index (κ3) is 3.54. The monoisotopic (exact) mass is 690 g/mol. The van der Waals surface area contributed by atoms with E-state index in [1.807, 2.05) is 0 Å². The molecule has 0 atom stereocenters. The van der Waals surface area contributed by atoms with Gasteiger partial charge in [-0.15, -0.1) is 11.3 Å². The number of thiophene rings is 1. The zero-order valence-electron chi connectivity index (χ0n) is 28.2. The molecule has 0 fully saturated rings. The van der Waals surface area contributed by atoms with E-state index >= 15 is 0 Å². The van der Waals surface area contributed by atoms with Crippen LogP contribution in [0.1, 0.15) is 0 Å². The van der Waals surface area contributed by atoms with E-state index in [-0.39, 0.29) is 0 Å². The van der Waals surface area contributed by atoms with Crippen LogP contribution in [0.2, 0.25) is 0 Å². The number of para-hydroxylation sites is 2. The summed E-state index contributed by atoms with van der Waals surface area (Å²) in [5.41, 5.74) is 9.00. The van der Waals surface area contributed by atoms with Crippen molar-refractivity contribution in [2.45, 2.75) is 0 Å². The SMILES string of the molecule is c1ccc2cc(-c3nc(-n4c5cc6c7ccccc7n7c8ccccc8c(c5c5ccc8ccccc8c54)c67)nc4c3sc3ccccc34)ccc2c1. The summed E-state index contributed by atoms with van der Waals surface area (Å²) in [5.74, 6) is 0.683. The second kappa shape index (κ2) is 9.94. The predicted molar refractivity (Wildman–Crippen MR) is 224 cm³/mol. The maximum atomic E-state index is 5.62. The molecule has 0 aliphatic rings. The number of aromatic nitrogens is 4. The molecule has 13 rings (SSSR count). The minimum absolute atomic E-state index is 0.683. The Morgan fingerprint density at radius 2 is 1.11 bits per heavy atom. The summed E-state index contributed by atoms with van der Waals surface area (Å²) in [6.07, 6.45) is 0. The molecule has 4 nitrogen and oxygen atoms in total. The van der Waals surface area contributed by atoms with E-state index in [2.05, 4.69) is 167 Å². The van der Waals surface area contributed by atoms with Gasteiger partial charge in [-0.25, -0.2) is 9.97 Å². The van der Waals surface area contributed by atoms with Crippen LogP contribution in [0, 0.1) is 0 Å². The summed E-state index contributed by atoms with van der Waals surface area (Å²) >= 11 is 1.78. The van der Waals surface area contributed by atoms with Crippen molar-refractivity contribution in [1.29, 1.82) is 0 Å². The lowest BCUT2D eigenvalue weighted by Crippen LogP contribution is -2.03. The highest BCUT2D eigenvalue weighted by atomic mass is 32.1. The van der Waals surface area contributed by atoms with Crippen LogP contribution in [0.4, 0.5) is 0 Å². The maximum absolute atomic E-state index is 5.62. The molecule has 0 N–H and O–H groups in total. The summed E-state index contributed by atoms with van der Waals surface area (Å²) in [6.45, 7) is 0. The second-order valence-corrected chi connectivity index (χ2v) is 15.2. The molecule has 0 aliphatic heterocycles. The van der Waals surface area contributed by atoms with Gasteiger partial charge in [0.05, 0.1) is 43.5 Å². The van der Waals surface area contributed by atoms with E-state index < -0.39 is 0 Å². The number of rotatable bonds is 2. The molecule has 0 saturated carbocycles. The zero-order chi connectivity index (χ0) is 34.4. The average molecular weight is 691 g/mol. The summed E-state index contributed by atoms with van der Waals surface area (Å²) in [7, 11) is 0. The van der Waals surface area contributed by atoms with Gasteiger partial charge in [0, 0.05) is 53.4 Å². The minimum Gasteiger partial charge on any atom is -0.308 e. The molecule has 0 spiro atoms. The van der Waals surface area contributed by atoms with Crippen LogP contribution in [-0.2, 0) is 0 Å². The van der Waals surface area contributed by atoms with Crippen molar-refractivity contribution in [2.75, 3.05) is 0 Å². The zero-order valence-corrected chi connectivity index (χ0v) is 29.0.